The van der Waals surface area contributed by atoms with Crippen molar-refractivity contribution in [2.45, 2.75) is 71.9 Å². The van der Waals surface area contributed by atoms with Crippen molar-refractivity contribution in [1.82, 2.24) is 14.9 Å². The van der Waals surface area contributed by atoms with Gasteiger partial charge in [0.25, 0.3) is 0 Å². The van der Waals surface area contributed by atoms with Crippen LogP contribution in [0.25, 0.3) is 0 Å². The minimum absolute atomic E-state index is 0.699. The monoisotopic (exact) mass is 275 g/mol. The maximum absolute atomic E-state index is 4.97. The third-order valence-corrected chi connectivity index (χ3v) is 4.99. The second-order valence-corrected chi connectivity index (χ2v) is 7.04. The molecule has 2 heterocycles. The molecule has 20 heavy (non-hydrogen) atoms. The molecule has 2 aliphatic rings. The van der Waals surface area contributed by atoms with E-state index in [-0.39, 0.29) is 0 Å². The van der Waals surface area contributed by atoms with Crippen LogP contribution < -0.4 is 5.32 Å². The molecule has 0 radical (unpaired) electrons. The standard InChI is InChI=1S/C17H29N3/c1-4-5-17-19-15-11-18-7-6-16(15)20(17)14-9-12(2)8-13(3)10-14/h12-14,18H,4-11H2,1-3H3. The predicted molar refractivity (Wildman–Crippen MR) is 82.8 cm³/mol. The smallest absolute Gasteiger partial charge is 0.109 e. The summed E-state index contributed by atoms with van der Waals surface area (Å²) in [5, 5.41) is 3.47. The van der Waals surface area contributed by atoms with E-state index in [1.807, 2.05) is 0 Å². The summed E-state index contributed by atoms with van der Waals surface area (Å²) < 4.78 is 2.66. The summed E-state index contributed by atoms with van der Waals surface area (Å²) in [6, 6.07) is 0.699. The first-order valence-corrected chi connectivity index (χ1v) is 8.48. The van der Waals surface area contributed by atoms with Crippen LogP contribution in [0, 0.1) is 11.8 Å². The molecule has 1 N–H and O–H groups in total. The molecule has 0 amide bonds. The van der Waals surface area contributed by atoms with Crippen molar-refractivity contribution in [3.05, 3.63) is 17.2 Å². The second kappa shape index (κ2) is 5.88. The molecule has 112 valence electrons. The van der Waals surface area contributed by atoms with Crippen molar-refractivity contribution in [1.29, 1.82) is 0 Å². The number of hydrogen-bond donors (Lipinski definition) is 1. The summed E-state index contributed by atoms with van der Waals surface area (Å²) in [6.07, 6.45) is 7.57. The minimum Gasteiger partial charge on any atom is -0.329 e. The normalized spacial score (nSPS) is 30.2. The Labute approximate surface area is 123 Å². The van der Waals surface area contributed by atoms with Crippen LogP contribution >= 0.6 is 0 Å². The van der Waals surface area contributed by atoms with E-state index in [9.17, 15) is 0 Å². The Balaban J connectivity index is 1.95. The summed E-state index contributed by atoms with van der Waals surface area (Å²) in [6.45, 7) is 9.20. The van der Waals surface area contributed by atoms with Crippen molar-refractivity contribution in [2.24, 2.45) is 11.8 Å². The zero-order valence-electron chi connectivity index (χ0n) is 13.3. The number of fused-ring (bicyclic) bond motifs is 1. The molecule has 3 nitrogen and oxygen atoms in total. The third-order valence-electron chi connectivity index (χ3n) is 4.99. The topological polar surface area (TPSA) is 29.9 Å². The molecule has 2 atom stereocenters. The third kappa shape index (κ3) is 2.65. The fourth-order valence-corrected chi connectivity index (χ4v) is 4.34. The molecule has 0 aromatic carbocycles. The highest BCUT2D eigenvalue weighted by molar-refractivity contribution is 5.22. The van der Waals surface area contributed by atoms with Gasteiger partial charge < -0.3 is 9.88 Å². The zero-order valence-corrected chi connectivity index (χ0v) is 13.3. The van der Waals surface area contributed by atoms with E-state index in [4.69, 9.17) is 4.98 Å². The number of aryl methyl sites for hydroxylation is 1. The van der Waals surface area contributed by atoms with Gasteiger partial charge in [-0.15, -0.1) is 0 Å². The summed E-state index contributed by atoms with van der Waals surface area (Å²) in [5.41, 5.74) is 2.86. The van der Waals surface area contributed by atoms with E-state index in [1.54, 1.807) is 5.69 Å². The van der Waals surface area contributed by atoms with E-state index in [0.29, 0.717) is 6.04 Å². The van der Waals surface area contributed by atoms with Gasteiger partial charge in [0.1, 0.15) is 5.82 Å². The van der Waals surface area contributed by atoms with Gasteiger partial charge in [0.2, 0.25) is 0 Å². The summed E-state index contributed by atoms with van der Waals surface area (Å²) in [7, 11) is 0. The lowest BCUT2D eigenvalue weighted by molar-refractivity contribution is 0.215. The second-order valence-electron chi connectivity index (χ2n) is 7.04. The maximum atomic E-state index is 4.97. The lowest BCUT2D eigenvalue weighted by Crippen LogP contribution is -2.29. The molecule has 1 aliphatic carbocycles. The number of nitrogens with one attached hydrogen (secondary N) is 1. The van der Waals surface area contributed by atoms with Crippen LogP contribution in [0.1, 0.15) is 69.7 Å². The van der Waals surface area contributed by atoms with Crippen molar-refractivity contribution in [3.8, 4) is 0 Å². The lowest BCUT2D eigenvalue weighted by Gasteiger charge is -2.34. The Bertz CT molecular complexity index is 453. The fourth-order valence-electron chi connectivity index (χ4n) is 4.34. The first kappa shape index (κ1) is 14.1. The molecule has 1 aliphatic heterocycles. The van der Waals surface area contributed by atoms with E-state index >= 15 is 0 Å². The van der Waals surface area contributed by atoms with Gasteiger partial charge in [-0.25, -0.2) is 4.98 Å². The summed E-state index contributed by atoms with van der Waals surface area (Å²) >= 11 is 0. The van der Waals surface area contributed by atoms with Crippen molar-refractivity contribution in [3.63, 3.8) is 0 Å². The molecule has 3 rings (SSSR count). The highest BCUT2D eigenvalue weighted by Gasteiger charge is 2.30. The molecule has 3 heteroatoms. The first-order chi connectivity index (χ1) is 9.69. The van der Waals surface area contributed by atoms with Gasteiger partial charge in [-0.1, -0.05) is 20.8 Å². The quantitative estimate of drug-likeness (QED) is 0.915. The molecule has 2 unspecified atom stereocenters. The van der Waals surface area contributed by atoms with E-state index in [1.165, 1.54) is 37.2 Å². The Hall–Kier alpha value is -0.830. The summed E-state index contributed by atoms with van der Waals surface area (Å²) in [4.78, 5) is 4.97. The average molecular weight is 275 g/mol. The Morgan fingerprint density at radius 2 is 1.95 bits per heavy atom. The molecular weight excluding hydrogens is 246 g/mol. The highest BCUT2D eigenvalue weighted by Crippen LogP contribution is 2.38. The first-order valence-electron chi connectivity index (χ1n) is 8.48. The van der Waals surface area contributed by atoms with Gasteiger partial charge in [0, 0.05) is 37.7 Å². The Morgan fingerprint density at radius 3 is 2.65 bits per heavy atom. The lowest BCUT2D eigenvalue weighted by atomic mass is 9.80. The van der Waals surface area contributed by atoms with Crippen LogP contribution in [0.15, 0.2) is 0 Å². The van der Waals surface area contributed by atoms with Gasteiger partial charge >= 0.3 is 0 Å². The van der Waals surface area contributed by atoms with Crippen LogP contribution in [0.4, 0.5) is 0 Å². The molecular formula is C17H29N3. The largest absolute Gasteiger partial charge is 0.329 e. The average Bonchev–Trinajstić information content (AvgIpc) is 2.76. The molecule has 1 fully saturated rings. The Kier molecular flexibility index (Phi) is 4.16. The van der Waals surface area contributed by atoms with Gasteiger partial charge in [-0.2, -0.15) is 0 Å². The molecule has 1 aromatic rings. The van der Waals surface area contributed by atoms with Crippen LogP contribution in [0.5, 0.6) is 0 Å². The van der Waals surface area contributed by atoms with Crippen molar-refractivity contribution >= 4 is 0 Å². The van der Waals surface area contributed by atoms with E-state index in [2.05, 4.69) is 30.7 Å². The highest BCUT2D eigenvalue weighted by atomic mass is 15.1. The number of aromatic nitrogens is 2. The van der Waals surface area contributed by atoms with E-state index in [0.717, 1.165) is 37.8 Å². The number of hydrogen-bond acceptors (Lipinski definition) is 2. The van der Waals surface area contributed by atoms with Crippen molar-refractivity contribution < 1.29 is 0 Å². The molecule has 1 saturated carbocycles. The van der Waals surface area contributed by atoms with Gasteiger partial charge in [0.05, 0.1) is 5.69 Å². The fraction of sp³-hybridized carbons (Fsp3) is 0.824. The molecule has 0 saturated heterocycles. The van der Waals surface area contributed by atoms with Gasteiger partial charge in [-0.3, -0.25) is 0 Å². The Morgan fingerprint density at radius 1 is 1.20 bits per heavy atom. The van der Waals surface area contributed by atoms with E-state index < -0.39 is 0 Å². The zero-order chi connectivity index (χ0) is 14.1. The maximum Gasteiger partial charge on any atom is 0.109 e. The molecule has 1 aromatic heterocycles. The van der Waals surface area contributed by atoms with Crippen molar-refractivity contribution in [2.75, 3.05) is 6.54 Å². The minimum atomic E-state index is 0.699. The summed E-state index contributed by atoms with van der Waals surface area (Å²) in [5.74, 6) is 3.07. The van der Waals surface area contributed by atoms with Crippen LogP contribution in [-0.4, -0.2) is 16.1 Å². The van der Waals surface area contributed by atoms with Gasteiger partial charge in [-0.05, 0) is 37.5 Å². The predicted octanol–water partition coefficient (Wildman–Crippen LogP) is 3.48. The number of rotatable bonds is 3. The van der Waals surface area contributed by atoms with Crippen LogP contribution in [0.2, 0.25) is 0 Å². The number of imidazole rings is 1. The van der Waals surface area contributed by atoms with Gasteiger partial charge in [0.15, 0.2) is 0 Å². The SMILES string of the molecule is CCCc1nc2c(n1C1CC(C)CC(C)C1)CCNC2. The van der Waals surface area contributed by atoms with Crippen LogP contribution in [0.3, 0.4) is 0 Å². The van der Waals surface area contributed by atoms with Crippen LogP contribution in [-0.2, 0) is 19.4 Å². The molecule has 0 bridgehead atoms. The molecule has 0 spiro atoms. The number of nitrogens with zero attached hydrogens (tertiary/aromatic N) is 2.